The third-order valence-corrected chi connectivity index (χ3v) is 8.29. The van der Waals surface area contributed by atoms with Crippen LogP contribution in [0.4, 0.5) is 5.82 Å². The standard InChI is InChI=1S/C27H27N5O4S2/c1-16-4-3-11-31-23(16)29-24(30-12-9-18(10-13-30)22(28)33)20(25(31)34)14-21-26(35)32(27(37)38-21)15-17-5-7-19(36-2)8-6-17/h3-8,11,14,18H,9-10,12-13,15H2,1-2H3,(H2,28,33)/b21-14-. The minimum Gasteiger partial charge on any atom is -0.497 e. The molecule has 2 N–H and O–H groups in total. The molecular weight excluding hydrogens is 522 g/mol. The molecule has 2 aromatic heterocycles. The van der Waals surface area contributed by atoms with E-state index in [1.54, 1.807) is 25.4 Å². The number of aromatic nitrogens is 2. The number of benzene rings is 1. The summed E-state index contributed by atoms with van der Waals surface area (Å²) in [5.74, 6) is 0.446. The fraction of sp³-hybridized carbons (Fsp3) is 0.296. The third-order valence-electron chi connectivity index (χ3n) is 6.91. The summed E-state index contributed by atoms with van der Waals surface area (Å²) < 4.78 is 7.13. The Morgan fingerprint density at radius 2 is 1.92 bits per heavy atom. The molecule has 2 saturated heterocycles. The van der Waals surface area contributed by atoms with Crippen LogP contribution in [0.1, 0.15) is 29.5 Å². The van der Waals surface area contributed by atoms with Gasteiger partial charge in [-0.3, -0.25) is 23.7 Å². The molecule has 0 aliphatic carbocycles. The summed E-state index contributed by atoms with van der Waals surface area (Å²) in [7, 11) is 1.60. The monoisotopic (exact) mass is 549 g/mol. The maximum absolute atomic E-state index is 13.7. The number of aryl methyl sites for hydroxylation is 1. The smallest absolute Gasteiger partial charge is 0.267 e. The van der Waals surface area contributed by atoms with E-state index in [4.69, 9.17) is 27.7 Å². The van der Waals surface area contributed by atoms with Crippen molar-refractivity contribution >= 4 is 57.7 Å². The Kier molecular flexibility index (Phi) is 7.22. The van der Waals surface area contributed by atoms with Crippen LogP contribution in [0, 0.1) is 12.8 Å². The predicted octanol–water partition coefficient (Wildman–Crippen LogP) is 3.11. The van der Waals surface area contributed by atoms with Gasteiger partial charge in [0.2, 0.25) is 5.91 Å². The van der Waals surface area contributed by atoms with Crippen LogP contribution in [-0.2, 0) is 16.1 Å². The van der Waals surface area contributed by atoms with Gasteiger partial charge in [0.1, 0.15) is 21.5 Å². The van der Waals surface area contributed by atoms with Crippen LogP contribution < -0.4 is 20.9 Å². The molecule has 1 aromatic carbocycles. The number of nitrogens with two attached hydrogens (primary N) is 1. The molecule has 4 heterocycles. The van der Waals surface area contributed by atoms with Crippen LogP contribution in [0.5, 0.6) is 5.75 Å². The first-order valence-corrected chi connectivity index (χ1v) is 13.4. The number of primary amides is 1. The van der Waals surface area contributed by atoms with Crippen molar-refractivity contribution in [3.63, 3.8) is 0 Å². The summed E-state index contributed by atoms with van der Waals surface area (Å²) in [5, 5.41) is 0. The Morgan fingerprint density at radius 1 is 1.21 bits per heavy atom. The lowest BCUT2D eigenvalue weighted by atomic mass is 9.96. The predicted molar refractivity (Wildman–Crippen MR) is 152 cm³/mol. The molecule has 0 atom stereocenters. The highest BCUT2D eigenvalue weighted by molar-refractivity contribution is 8.26. The normalized spacial score (nSPS) is 17.6. The third kappa shape index (κ3) is 4.91. The van der Waals surface area contributed by atoms with Gasteiger partial charge in [-0.05, 0) is 55.2 Å². The first-order chi connectivity index (χ1) is 18.3. The Morgan fingerprint density at radius 3 is 2.58 bits per heavy atom. The summed E-state index contributed by atoms with van der Waals surface area (Å²) in [5.41, 5.74) is 7.88. The van der Waals surface area contributed by atoms with Gasteiger partial charge in [-0.1, -0.05) is 42.2 Å². The molecule has 2 aliphatic heterocycles. The molecule has 0 spiro atoms. The lowest BCUT2D eigenvalue weighted by Gasteiger charge is -2.32. The van der Waals surface area contributed by atoms with Crippen LogP contribution in [0.2, 0.25) is 0 Å². The van der Waals surface area contributed by atoms with E-state index in [2.05, 4.69) is 0 Å². The first kappa shape index (κ1) is 25.9. The van der Waals surface area contributed by atoms with E-state index in [9.17, 15) is 14.4 Å². The van der Waals surface area contributed by atoms with Gasteiger partial charge in [-0.2, -0.15) is 0 Å². The largest absolute Gasteiger partial charge is 0.497 e. The Labute approximate surface area is 229 Å². The lowest BCUT2D eigenvalue weighted by molar-refractivity contribution is -0.123. The van der Waals surface area contributed by atoms with E-state index < -0.39 is 0 Å². The molecule has 0 bridgehead atoms. The zero-order valence-corrected chi connectivity index (χ0v) is 22.7. The molecule has 0 saturated carbocycles. The molecule has 2 amide bonds. The number of ether oxygens (including phenoxy) is 1. The van der Waals surface area contributed by atoms with Gasteiger partial charge < -0.3 is 15.4 Å². The van der Waals surface area contributed by atoms with Gasteiger partial charge in [-0.15, -0.1) is 0 Å². The van der Waals surface area contributed by atoms with Crippen molar-refractivity contribution in [2.24, 2.45) is 11.7 Å². The zero-order chi connectivity index (χ0) is 27.0. The highest BCUT2D eigenvalue weighted by atomic mass is 32.2. The molecule has 38 heavy (non-hydrogen) atoms. The average molecular weight is 550 g/mol. The van der Waals surface area contributed by atoms with E-state index in [-0.39, 0.29) is 23.3 Å². The van der Waals surface area contributed by atoms with Crippen molar-refractivity contribution in [2.45, 2.75) is 26.3 Å². The van der Waals surface area contributed by atoms with Crippen LogP contribution in [0.25, 0.3) is 11.7 Å². The topological polar surface area (TPSA) is 110 Å². The summed E-state index contributed by atoms with van der Waals surface area (Å²) in [6, 6.07) is 11.1. The number of hydrogen-bond donors (Lipinski definition) is 1. The minimum absolute atomic E-state index is 0.202. The average Bonchev–Trinajstić information content (AvgIpc) is 3.18. The van der Waals surface area contributed by atoms with Crippen molar-refractivity contribution < 1.29 is 14.3 Å². The number of rotatable bonds is 6. The number of carbonyl (C=O) groups is 2. The molecule has 2 aliphatic rings. The SMILES string of the molecule is COc1ccc(CN2C(=O)/C(=C/c3c(N4CCC(C(N)=O)CC4)nc4c(C)cccn4c3=O)SC2=S)cc1. The van der Waals surface area contributed by atoms with Gasteiger partial charge in [0.25, 0.3) is 11.5 Å². The highest BCUT2D eigenvalue weighted by Crippen LogP contribution is 2.35. The number of methoxy groups -OCH3 is 1. The molecule has 3 aromatic rings. The van der Waals surface area contributed by atoms with Crippen LogP contribution in [-0.4, -0.2) is 50.6 Å². The van der Waals surface area contributed by atoms with Crippen molar-refractivity contribution in [3.8, 4) is 5.75 Å². The molecule has 9 nitrogen and oxygen atoms in total. The number of hydrogen-bond acceptors (Lipinski definition) is 8. The molecule has 0 unspecified atom stereocenters. The van der Waals surface area contributed by atoms with Crippen LogP contribution in [0.15, 0.2) is 52.3 Å². The van der Waals surface area contributed by atoms with Crippen molar-refractivity contribution in [3.05, 3.63) is 74.5 Å². The lowest BCUT2D eigenvalue weighted by Crippen LogP contribution is -2.40. The van der Waals surface area contributed by atoms with Gasteiger partial charge in [0.15, 0.2) is 0 Å². The zero-order valence-electron chi connectivity index (χ0n) is 21.0. The molecule has 0 radical (unpaired) electrons. The van der Waals surface area contributed by atoms with Crippen LogP contribution in [0.3, 0.4) is 0 Å². The number of piperidine rings is 1. The Bertz CT molecular complexity index is 1520. The van der Waals surface area contributed by atoms with Crippen molar-refractivity contribution in [2.75, 3.05) is 25.1 Å². The summed E-state index contributed by atoms with van der Waals surface area (Å²) in [6.07, 6.45) is 4.43. The fourth-order valence-electron chi connectivity index (χ4n) is 4.72. The second-order valence-electron chi connectivity index (χ2n) is 9.32. The second kappa shape index (κ2) is 10.6. The Hall–Kier alpha value is -3.70. The fourth-order valence-corrected chi connectivity index (χ4v) is 5.96. The Balaban J connectivity index is 1.52. The van der Waals surface area contributed by atoms with Gasteiger partial charge in [0, 0.05) is 25.2 Å². The van der Waals surface area contributed by atoms with E-state index in [0.717, 1.165) is 16.9 Å². The highest BCUT2D eigenvalue weighted by Gasteiger charge is 2.33. The van der Waals surface area contributed by atoms with Crippen molar-refractivity contribution in [1.82, 2.24) is 14.3 Å². The summed E-state index contributed by atoms with van der Waals surface area (Å²) in [6.45, 7) is 3.27. The van der Waals surface area contributed by atoms with E-state index in [0.29, 0.717) is 58.7 Å². The van der Waals surface area contributed by atoms with E-state index in [1.807, 2.05) is 42.2 Å². The number of amides is 2. The molecular formula is C27H27N5O4S2. The van der Waals surface area contributed by atoms with Gasteiger partial charge in [0.05, 0.1) is 24.1 Å². The number of carbonyl (C=O) groups excluding carboxylic acids is 2. The van der Waals surface area contributed by atoms with Crippen LogP contribution >= 0.6 is 24.0 Å². The molecule has 5 rings (SSSR count). The number of thioether (sulfide) groups is 1. The summed E-state index contributed by atoms with van der Waals surface area (Å²) >= 11 is 6.70. The van der Waals surface area contributed by atoms with Crippen molar-refractivity contribution in [1.29, 1.82) is 0 Å². The first-order valence-electron chi connectivity index (χ1n) is 12.2. The molecule has 2 fully saturated rings. The number of anilines is 1. The van der Waals surface area contributed by atoms with E-state index in [1.165, 1.54) is 21.1 Å². The summed E-state index contributed by atoms with van der Waals surface area (Å²) in [4.78, 5) is 47.6. The number of nitrogens with zero attached hydrogens (tertiary/aromatic N) is 4. The number of fused-ring (bicyclic) bond motifs is 1. The molecule has 11 heteroatoms. The van der Waals surface area contributed by atoms with E-state index >= 15 is 0 Å². The van der Waals surface area contributed by atoms with Gasteiger partial charge >= 0.3 is 0 Å². The molecule has 196 valence electrons. The second-order valence-corrected chi connectivity index (χ2v) is 11.0. The maximum atomic E-state index is 13.7. The minimum atomic E-state index is -0.312. The number of pyridine rings is 1. The quantitative estimate of drug-likeness (QED) is 0.369. The maximum Gasteiger partial charge on any atom is 0.267 e. The van der Waals surface area contributed by atoms with Gasteiger partial charge in [-0.25, -0.2) is 4.98 Å². The number of thiocarbonyl (C=S) groups is 1.